The van der Waals surface area contributed by atoms with Crippen molar-refractivity contribution in [3.8, 4) is 0 Å². The molecule has 0 unspecified atom stereocenters. The quantitative estimate of drug-likeness (QED) is 0.707. The molecule has 0 saturated carbocycles. The third-order valence-electron chi connectivity index (χ3n) is 1.71. The van der Waals surface area contributed by atoms with E-state index >= 15 is 0 Å². The van der Waals surface area contributed by atoms with Gasteiger partial charge in [0, 0.05) is 0 Å². The molecular formula is C9H10O3. The molecule has 3 heteroatoms. The summed E-state index contributed by atoms with van der Waals surface area (Å²) in [4.78, 5) is 11.2. The minimum Gasteiger partial charge on any atom is -0.479 e. The van der Waals surface area contributed by atoms with Crippen LogP contribution >= 0.6 is 0 Å². The van der Waals surface area contributed by atoms with E-state index in [0.29, 0.717) is 5.56 Å². The van der Waals surface area contributed by atoms with Gasteiger partial charge in [-0.25, -0.2) is 4.79 Å². The number of rotatable bonds is 3. The molecule has 1 rings (SSSR count). The van der Waals surface area contributed by atoms with Gasteiger partial charge in [0.2, 0.25) is 1.43 Å². The van der Waals surface area contributed by atoms with Gasteiger partial charge in [-0.3, -0.25) is 0 Å². The molecule has 0 radical (unpaired) electrons. The lowest BCUT2D eigenvalue weighted by Crippen LogP contribution is -2.31. The van der Waals surface area contributed by atoms with E-state index in [0.717, 1.165) is 0 Å². The Balaban J connectivity index is 3.08. The first-order valence-corrected chi connectivity index (χ1v) is 3.52. The first-order chi connectivity index (χ1) is 6.65. The van der Waals surface area contributed by atoms with E-state index in [9.17, 15) is 4.79 Å². The predicted molar refractivity (Wildman–Crippen MR) is 43.6 cm³/mol. The second-order valence-corrected chi connectivity index (χ2v) is 2.69. The molecule has 3 nitrogen and oxygen atoms in total. The maximum Gasteiger partial charge on any atom is 0.340 e. The van der Waals surface area contributed by atoms with Gasteiger partial charge in [0.1, 0.15) is 0 Å². The van der Waals surface area contributed by atoms with E-state index in [1.54, 1.807) is 30.3 Å². The first-order valence-electron chi connectivity index (χ1n) is 4.34. The van der Waals surface area contributed by atoms with Crippen molar-refractivity contribution in [3.05, 3.63) is 35.9 Å². The number of carboxylic acids is 1. The summed E-state index contributed by atoms with van der Waals surface area (Å²) in [6.07, 6.45) is 0. The summed E-state index contributed by atoms with van der Waals surface area (Å²) in [6.45, 7) is 1.38. The summed E-state index contributed by atoms with van der Waals surface area (Å²) in [5.74, 6) is -0.918. The largest absolute Gasteiger partial charge is 0.479 e. The Morgan fingerprint density at radius 1 is 1.50 bits per heavy atom. The molecule has 64 valence electrons. The molecule has 1 aromatic rings. The Bertz CT molecular complexity index is 315. The number of carbonyl (C=O) groups is 1. The van der Waals surface area contributed by atoms with Gasteiger partial charge in [-0.15, -0.1) is 0 Å². The molecule has 0 spiro atoms. The second kappa shape index (κ2) is 2.95. The standard InChI is InChI=1S/C9H10O3/c1-9(12,8(10)11)7-5-3-2-4-6-7/h2-6,12H,1H3,(H,10,11)/t9-/m1/s1/i12D/hD. The number of carboxylic acid groups (broad SMARTS) is 1. The third-order valence-corrected chi connectivity index (χ3v) is 1.71. The highest BCUT2D eigenvalue weighted by molar-refractivity contribution is 5.78. The van der Waals surface area contributed by atoms with E-state index in [-0.39, 0.29) is 0 Å². The lowest BCUT2D eigenvalue weighted by atomic mass is 9.97. The lowest BCUT2D eigenvalue weighted by molar-refractivity contribution is -0.157. The van der Waals surface area contributed by atoms with E-state index in [4.69, 9.17) is 2.86 Å². The molecule has 0 saturated heterocycles. The van der Waals surface area contributed by atoms with Crippen LogP contribution in [0.2, 0.25) is 0 Å². The van der Waals surface area contributed by atoms with Crippen LogP contribution in [0.5, 0.6) is 0 Å². The summed E-state index contributed by atoms with van der Waals surface area (Å²) in [5, 5.41) is 8.16. The van der Waals surface area contributed by atoms with E-state index in [2.05, 4.69) is 10.2 Å². The van der Waals surface area contributed by atoms with Crippen molar-refractivity contribution in [1.29, 1.82) is 2.86 Å². The molecule has 0 aliphatic heterocycles. The molecule has 0 aliphatic carbocycles. The molecule has 2 N–H and O–H groups in total. The Labute approximate surface area is 73.3 Å². The number of benzene rings is 1. The molecule has 0 bridgehead atoms. The Morgan fingerprint density at radius 2 is 2.17 bits per heavy atom. The number of aliphatic hydroxyl groups is 1. The van der Waals surface area contributed by atoms with Crippen LogP contribution in [0.1, 0.15) is 12.5 Å². The Hall–Kier alpha value is -1.35. The summed E-state index contributed by atoms with van der Waals surface area (Å²) in [6, 6.07) is 8.46. The normalized spacial score (nSPS) is 17.1. The zero-order valence-electron chi connectivity index (χ0n) is 8.61. The molecule has 0 heterocycles. The zero-order valence-corrected chi connectivity index (χ0v) is 6.61. The van der Waals surface area contributed by atoms with E-state index in [1.165, 1.54) is 6.92 Å². The van der Waals surface area contributed by atoms with E-state index < -0.39 is 11.6 Å². The van der Waals surface area contributed by atoms with Gasteiger partial charge in [-0.2, -0.15) is 0 Å². The summed E-state index contributed by atoms with van der Waals surface area (Å²) in [5.41, 5.74) is -1.06. The Kier molecular flexibility index (Phi) is 1.52. The van der Waals surface area contributed by atoms with Gasteiger partial charge in [0.15, 0.2) is 5.60 Å². The SMILES string of the molecule is [2H]OC(=O)[C@](C)(O[2H])c1ccccc1. The van der Waals surface area contributed by atoms with Gasteiger partial charge in [-0.1, -0.05) is 30.3 Å². The zero-order chi connectivity index (χ0) is 10.6. The maximum absolute atomic E-state index is 11.2. The van der Waals surface area contributed by atoms with Crippen LogP contribution < -0.4 is 0 Å². The number of aliphatic carboxylic acids is 1. The van der Waals surface area contributed by atoms with Gasteiger partial charge >= 0.3 is 5.97 Å². The van der Waals surface area contributed by atoms with Crippen molar-refractivity contribution < 1.29 is 15.0 Å². The van der Waals surface area contributed by atoms with Crippen molar-refractivity contribution in [3.63, 3.8) is 0 Å². The van der Waals surface area contributed by atoms with Crippen LogP contribution in [0.4, 0.5) is 0 Å². The van der Waals surface area contributed by atoms with Crippen LogP contribution in [-0.4, -0.2) is 17.6 Å². The average Bonchev–Trinajstić information content (AvgIpc) is 2.28. The second-order valence-electron chi connectivity index (χ2n) is 2.69. The maximum atomic E-state index is 11.2. The molecule has 1 aromatic carbocycles. The smallest absolute Gasteiger partial charge is 0.340 e. The minimum absolute atomic E-state index is 0.479. The van der Waals surface area contributed by atoms with Crippen molar-refractivity contribution in [2.75, 3.05) is 0 Å². The van der Waals surface area contributed by atoms with E-state index in [1.807, 2.05) is 0 Å². The average molecular weight is 168 g/mol. The summed E-state index contributed by atoms with van der Waals surface area (Å²) < 4.78 is 13.3. The highest BCUT2D eigenvalue weighted by Crippen LogP contribution is 2.19. The molecular weight excluding hydrogens is 156 g/mol. The van der Waals surface area contributed by atoms with Crippen molar-refractivity contribution >= 4 is 5.97 Å². The van der Waals surface area contributed by atoms with Crippen molar-refractivity contribution in [1.82, 2.24) is 0 Å². The molecule has 1 atom stereocenters. The molecule has 0 aliphatic rings. The van der Waals surface area contributed by atoms with Gasteiger partial charge in [0.05, 0.1) is 0 Å². The number of hydrogen-bond donors (Lipinski definition) is 2. The van der Waals surface area contributed by atoms with Gasteiger partial charge in [-0.05, 0) is 12.5 Å². The van der Waals surface area contributed by atoms with Crippen LogP contribution in [0, 0.1) is 0 Å². The summed E-state index contributed by atoms with van der Waals surface area (Å²) >= 11 is 0. The molecule has 12 heavy (non-hydrogen) atoms. The van der Waals surface area contributed by atoms with Gasteiger partial charge in [0.25, 0.3) is 1.43 Å². The fourth-order valence-corrected chi connectivity index (χ4v) is 0.874. The van der Waals surface area contributed by atoms with Gasteiger partial charge < -0.3 is 10.2 Å². The fourth-order valence-electron chi connectivity index (χ4n) is 0.874. The monoisotopic (exact) mass is 168 g/mol. The summed E-state index contributed by atoms with van der Waals surface area (Å²) in [7, 11) is 0. The minimum atomic E-state index is -1.54. The molecule has 0 amide bonds. The van der Waals surface area contributed by atoms with Crippen LogP contribution in [0.15, 0.2) is 30.3 Å². The van der Waals surface area contributed by atoms with Crippen LogP contribution in [0.3, 0.4) is 0 Å². The molecule has 0 fully saturated rings. The first kappa shape index (κ1) is 6.20. The highest BCUT2D eigenvalue weighted by atomic mass is 16.4. The Morgan fingerprint density at radius 3 is 2.67 bits per heavy atom. The molecule has 0 aromatic heterocycles. The van der Waals surface area contributed by atoms with Crippen molar-refractivity contribution in [2.24, 2.45) is 0 Å². The lowest BCUT2D eigenvalue weighted by Gasteiger charge is -2.17. The van der Waals surface area contributed by atoms with Crippen molar-refractivity contribution in [2.45, 2.75) is 12.5 Å². The fraction of sp³-hybridized carbons (Fsp3) is 0.222. The van der Waals surface area contributed by atoms with Crippen LogP contribution in [0.25, 0.3) is 1.43 Å². The highest BCUT2D eigenvalue weighted by Gasteiger charge is 2.31. The number of hydrogen-bond acceptors (Lipinski definition) is 3. The van der Waals surface area contributed by atoms with Crippen LogP contribution in [-0.2, 0) is 10.4 Å². The topological polar surface area (TPSA) is 57.5 Å². The predicted octanol–water partition coefficient (Wildman–Crippen LogP) is 0.979. The third kappa shape index (κ3) is 1.46.